The molecule has 0 spiro atoms. The minimum atomic E-state index is -3.85. The zero-order valence-corrected chi connectivity index (χ0v) is 14.9. The summed E-state index contributed by atoms with van der Waals surface area (Å²) in [6, 6.07) is 11.0. The lowest BCUT2D eigenvalue weighted by Crippen LogP contribution is -2.32. The van der Waals surface area contributed by atoms with Crippen molar-refractivity contribution in [3.05, 3.63) is 48.0 Å². The minimum Gasteiger partial charge on any atom is -0.496 e. The van der Waals surface area contributed by atoms with Gasteiger partial charge in [-0.15, -0.1) is 0 Å². The molecule has 0 aliphatic rings. The Morgan fingerprint density at radius 3 is 2.24 bits per heavy atom. The summed E-state index contributed by atoms with van der Waals surface area (Å²) in [5.41, 5.74) is 0.668. The van der Waals surface area contributed by atoms with Crippen LogP contribution in [0.25, 0.3) is 0 Å². The van der Waals surface area contributed by atoms with Crippen LogP contribution in [0.15, 0.2) is 47.4 Å². The number of para-hydroxylation sites is 2. The third-order valence-corrected chi connectivity index (χ3v) is 4.77. The fraction of sp³-hybridized carbons (Fsp3) is 0.235. The van der Waals surface area contributed by atoms with Crippen LogP contribution >= 0.6 is 0 Å². The summed E-state index contributed by atoms with van der Waals surface area (Å²) in [6.45, 7) is 1.22. The van der Waals surface area contributed by atoms with Crippen molar-refractivity contribution in [2.75, 3.05) is 20.8 Å². The topological polar surface area (TPSA) is 90.9 Å². The maximum atomic E-state index is 12.3. The van der Waals surface area contributed by atoms with E-state index < -0.39 is 22.5 Å². The molecule has 2 aromatic rings. The van der Waals surface area contributed by atoms with Crippen LogP contribution in [0.4, 0.5) is 0 Å². The number of esters is 1. The Morgan fingerprint density at radius 1 is 1.00 bits per heavy atom. The molecule has 134 valence electrons. The van der Waals surface area contributed by atoms with Gasteiger partial charge in [0, 0.05) is 0 Å². The molecule has 0 unspecified atom stereocenters. The second-order valence-corrected chi connectivity index (χ2v) is 6.85. The highest BCUT2D eigenvalue weighted by molar-refractivity contribution is 7.89. The number of benzene rings is 2. The highest BCUT2D eigenvalue weighted by Gasteiger charge is 2.18. The molecule has 0 atom stereocenters. The highest BCUT2D eigenvalue weighted by atomic mass is 32.2. The molecule has 8 heteroatoms. The zero-order valence-electron chi connectivity index (χ0n) is 14.1. The Balaban J connectivity index is 2.04. The molecule has 0 saturated heterocycles. The first-order chi connectivity index (χ1) is 11.9. The molecular weight excluding hydrogens is 346 g/mol. The van der Waals surface area contributed by atoms with Gasteiger partial charge in [-0.05, 0) is 42.8 Å². The van der Waals surface area contributed by atoms with E-state index >= 15 is 0 Å². The fourth-order valence-corrected chi connectivity index (χ4v) is 3.17. The maximum absolute atomic E-state index is 12.3. The van der Waals surface area contributed by atoms with Crippen LogP contribution in [-0.4, -0.2) is 35.2 Å². The van der Waals surface area contributed by atoms with Gasteiger partial charge in [0.05, 0.1) is 19.1 Å². The molecule has 0 aromatic heterocycles. The van der Waals surface area contributed by atoms with E-state index in [1.807, 2.05) is 0 Å². The number of methoxy groups -OCH3 is 2. The Labute approximate surface area is 146 Å². The van der Waals surface area contributed by atoms with Crippen LogP contribution in [0.2, 0.25) is 0 Å². The van der Waals surface area contributed by atoms with Gasteiger partial charge in [0.25, 0.3) is 0 Å². The van der Waals surface area contributed by atoms with Crippen LogP contribution in [0.5, 0.6) is 17.2 Å². The lowest BCUT2D eigenvalue weighted by molar-refractivity contribution is -0.133. The van der Waals surface area contributed by atoms with Gasteiger partial charge in [-0.3, -0.25) is 4.79 Å². The third kappa shape index (κ3) is 4.71. The summed E-state index contributed by atoms with van der Waals surface area (Å²) in [4.78, 5) is 11.9. The molecule has 0 saturated carbocycles. The predicted octanol–water partition coefficient (Wildman–Crippen LogP) is 1.90. The Morgan fingerprint density at radius 2 is 1.64 bits per heavy atom. The second kappa shape index (κ2) is 8.00. The number of sulfonamides is 1. The molecule has 0 heterocycles. The summed E-state index contributed by atoms with van der Waals surface area (Å²) in [7, 11) is -0.900. The summed E-state index contributed by atoms with van der Waals surface area (Å²) < 4.78 is 42.1. The number of hydrogen-bond donors (Lipinski definition) is 1. The molecule has 0 fully saturated rings. The van der Waals surface area contributed by atoms with E-state index in [9.17, 15) is 13.2 Å². The van der Waals surface area contributed by atoms with Crippen LogP contribution < -0.4 is 18.9 Å². The molecule has 0 radical (unpaired) electrons. The molecule has 2 rings (SSSR count). The van der Waals surface area contributed by atoms with Gasteiger partial charge in [0.1, 0.15) is 12.3 Å². The molecule has 1 N–H and O–H groups in total. The van der Waals surface area contributed by atoms with Crippen molar-refractivity contribution in [1.29, 1.82) is 0 Å². The summed E-state index contributed by atoms with van der Waals surface area (Å²) in [5, 5.41) is 0. The molecule has 7 nitrogen and oxygen atoms in total. The van der Waals surface area contributed by atoms with Crippen molar-refractivity contribution in [2.24, 2.45) is 0 Å². The van der Waals surface area contributed by atoms with Gasteiger partial charge in [0.2, 0.25) is 10.0 Å². The number of aryl methyl sites for hydroxylation is 1. The van der Waals surface area contributed by atoms with E-state index in [1.165, 1.54) is 26.4 Å². The normalized spacial score (nSPS) is 11.0. The molecule has 0 aliphatic heterocycles. The van der Waals surface area contributed by atoms with E-state index in [1.54, 1.807) is 37.3 Å². The number of hydrogen-bond acceptors (Lipinski definition) is 6. The first-order valence-electron chi connectivity index (χ1n) is 7.35. The van der Waals surface area contributed by atoms with Gasteiger partial charge in [0.15, 0.2) is 11.5 Å². The fourth-order valence-electron chi connectivity index (χ4n) is 2.12. The van der Waals surface area contributed by atoms with Crippen LogP contribution in [0.3, 0.4) is 0 Å². The van der Waals surface area contributed by atoms with Gasteiger partial charge in [-0.2, -0.15) is 4.72 Å². The smallest absolute Gasteiger partial charge is 0.326 e. The lowest BCUT2D eigenvalue weighted by atomic mass is 10.2. The number of carbonyl (C=O) groups is 1. The Hall–Kier alpha value is -2.58. The average molecular weight is 365 g/mol. The minimum absolute atomic E-state index is 0.0379. The van der Waals surface area contributed by atoms with Gasteiger partial charge < -0.3 is 14.2 Å². The Kier molecular flexibility index (Phi) is 6.00. The summed E-state index contributed by atoms with van der Waals surface area (Å²) in [5.74, 6) is 0.423. The maximum Gasteiger partial charge on any atom is 0.326 e. The van der Waals surface area contributed by atoms with Crippen LogP contribution in [0.1, 0.15) is 5.56 Å². The number of rotatable bonds is 7. The van der Waals surface area contributed by atoms with E-state index in [4.69, 9.17) is 14.2 Å². The number of nitrogens with one attached hydrogen (secondary N) is 1. The first kappa shape index (κ1) is 18.8. The first-order valence-corrected chi connectivity index (χ1v) is 8.83. The monoisotopic (exact) mass is 365 g/mol. The third-order valence-electron chi connectivity index (χ3n) is 3.38. The SMILES string of the molecule is COc1ccc(S(=O)(=O)NCC(=O)Oc2ccccc2OC)cc1C. The van der Waals surface area contributed by atoms with Gasteiger partial charge in [-0.1, -0.05) is 12.1 Å². The molecule has 0 bridgehead atoms. The molecule has 0 amide bonds. The predicted molar refractivity (Wildman–Crippen MR) is 91.5 cm³/mol. The van der Waals surface area contributed by atoms with Crippen molar-refractivity contribution in [2.45, 2.75) is 11.8 Å². The van der Waals surface area contributed by atoms with E-state index in [-0.39, 0.29) is 10.6 Å². The van der Waals surface area contributed by atoms with Gasteiger partial charge >= 0.3 is 5.97 Å². The van der Waals surface area contributed by atoms with Crippen LogP contribution in [-0.2, 0) is 14.8 Å². The van der Waals surface area contributed by atoms with E-state index in [0.717, 1.165) is 0 Å². The number of carbonyl (C=O) groups excluding carboxylic acids is 1. The van der Waals surface area contributed by atoms with E-state index in [2.05, 4.69) is 4.72 Å². The lowest BCUT2D eigenvalue weighted by Gasteiger charge is -2.11. The molecule has 0 aliphatic carbocycles. The second-order valence-electron chi connectivity index (χ2n) is 5.08. The quantitative estimate of drug-likeness (QED) is 0.595. The van der Waals surface area contributed by atoms with Crippen LogP contribution in [0, 0.1) is 6.92 Å². The van der Waals surface area contributed by atoms with E-state index in [0.29, 0.717) is 17.1 Å². The number of ether oxygens (including phenoxy) is 3. The molecular formula is C17H19NO6S. The van der Waals surface area contributed by atoms with Crippen molar-refractivity contribution in [3.63, 3.8) is 0 Å². The highest BCUT2D eigenvalue weighted by Crippen LogP contribution is 2.26. The average Bonchev–Trinajstić information content (AvgIpc) is 2.60. The van der Waals surface area contributed by atoms with Gasteiger partial charge in [-0.25, -0.2) is 8.42 Å². The Bertz CT molecular complexity index is 863. The standard InChI is InChI=1S/C17H19NO6S/c1-12-10-13(8-9-14(12)22-2)25(20,21)18-11-17(19)24-16-7-5-4-6-15(16)23-3/h4-10,18H,11H2,1-3H3. The van der Waals surface area contributed by atoms with Crippen molar-refractivity contribution in [3.8, 4) is 17.2 Å². The van der Waals surface area contributed by atoms with Crippen molar-refractivity contribution < 1.29 is 27.4 Å². The molecule has 25 heavy (non-hydrogen) atoms. The van der Waals surface area contributed by atoms with Crippen molar-refractivity contribution in [1.82, 2.24) is 4.72 Å². The largest absolute Gasteiger partial charge is 0.496 e. The summed E-state index contributed by atoms with van der Waals surface area (Å²) in [6.07, 6.45) is 0. The molecule has 2 aromatic carbocycles. The zero-order chi connectivity index (χ0) is 18.4. The summed E-state index contributed by atoms with van der Waals surface area (Å²) >= 11 is 0. The van der Waals surface area contributed by atoms with Crippen molar-refractivity contribution >= 4 is 16.0 Å².